The number of imidazole rings is 1. The van der Waals surface area contributed by atoms with E-state index in [1.165, 1.54) is 12.1 Å². The summed E-state index contributed by atoms with van der Waals surface area (Å²) in [7, 11) is 0. The minimum Gasteiger partial charge on any atom is -0.336 e. The number of halogens is 1. The first-order valence-electron chi connectivity index (χ1n) is 6.28. The summed E-state index contributed by atoms with van der Waals surface area (Å²) in [6, 6.07) is 14.8. The van der Waals surface area contributed by atoms with E-state index >= 15 is 0 Å². The molecule has 0 aliphatic rings. The van der Waals surface area contributed by atoms with Crippen molar-refractivity contribution in [3.05, 3.63) is 70.9 Å². The molecule has 1 aromatic heterocycles. The number of aromatic nitrogens is 2. The SMILES string of the molecule is Cc1cc(F)cc(-n2c(-c3ccccc3)c[nH]c2=S)c1. The van der Waals surface area contributed by atoms with Gasteiger partial charge in [0, 0.05) is 11.8 Å². The molecule has 1 N–H and O–H groups in total. The topological polar surface area (TPSA) is 20.7 Å². The van der Waals surface area contributed by atoms with Gasteiger partial charge in [0.05, 0.1) is 11.4 Å². The van der Waals surface area contributed by atoms with E-state index in [0.29, 0.717) is 4.77 Å². The zero-order valence-corrected chi connectivity index (χ0v) is 11.7. The molecule has 100 valence electrons. The Balaban J connectivity index is 2.24. The number of aryl methyl sites for hydroxylation is 1. The second-order valence-corrected chi connectivity index (χ2v) is 5.05. The maximum Gasteiger partial charge on any atom is 0.182 e. The summed E-state index contributed by atoms with van der Waals surface area (Å²) < 4.78 is 16.0. The first-order valence-corrected chi connectivity index (χ1v) is 6.69. The van der Waals surface area contributed by atoms with Crippen LogP contribution in [0, 0.1) is 17.5 Å². The maximum atomic E-state index is 13.6. The lowest BCUT2D eigenvalue weighted by Gasteiger charge is -2.09. The molecule has 0 fully saturated rings. The number of benzene rings is 2. The van der Waals surface area contributed by atoms with Crippen LogP contribution in [0.5, 0.6) is 0 Å². The van der Waals surface area contributed by atoms with Crippen molar-refractivity contribution in [1.29, 1.82) is 0 Å². The first-order chi connectivity index (χ1) is 9.65. The standard InChI is InChI=1S/C16H13FN2S/c1-11-7-13(17)9-14(8-11)19-15(10-18-16(19)20)12-5-3-2-4-6-12/h2-10H,1H3,(H,18,20). The van der Waals surface area contributed by atoms with Gasteiger partial charge in [-0.25, -0.2) is 4.39 Å². The molecular weight excluding hydrogens is 271 g/mol. The predicted octanol–water partition coefficient (Wildman–Crippen LogP) is 4.65. The van der Waals surface area contributed by atoms with Gasteiger partial charge < -0.3 is 4.98 Å². The number of nitrogens with zero attached hydrogens (tertiary/aromatic N) is 1. The fourth-order valence-corrected chi connectivity index (χ4v) is 2.56. The number of aromatic amines is 1. The number of hydrogen-bond acceptors (Lipinski definition) is 1. The first kappa shape index (κ1) is 12.8. The number of nitrogens with one attached hydrogen (secondary N) is 1. The van der Waals surface area contributed by atoms with Crippen LogP contribution >= 0.6 is 12.2 Å². The molecule has 0 spiro atoms. The zero-order valence-electron chi connectivity index (χ0n) is 10.9. The molecule has 2 aromatic carbocycles. The van der Waals surface area contributed by atoms with Crippen molar-refractivity contribution in [2.24, 2.45) is 0 Å². The van der Waals surface area contributed by atoms with Gasteiger partial charge in [-0.2, -0.15) is 0 Å². The van der Waals surface area contributed by atoms with Crippen LogP contribution in [0.15, 0.2) is 54.7 Å². The van der Waals surface area contributed by atoms with E-state index in [1.807, 2.05) is 54.1 Å². The summed E-state index contributed by atoms with van der Waals surface area (Å²) in [5.41, 5.74) is 3.54. The molecule has 0 bridgehead atoms. The van der Waals surface area contributed by atoms with Gasteiger partial charge in [-0.15, -0.1) is 0 Å². The van der Waals surface area contributed by atoms with Crippen molar-refractivity contribution < 1.29 is 4.39 Å². The molecule has 0 amide bonds. The van der Waals surface area contributed by atoms with Crippen molar-refractivity contribution in [1.82, 2.24) is 9.55 Å². The van der Waals surface area contributed by atoms with Gasteiger partial charge in [0.1, 0.15) is 5.82 Å². The zero-order chi connectivity index (χ0) is 14.1. The van der Waals surface area contributed by atoms with Crippen LogP contribution in [0.3, 0.4) is 0 Å². The summed E-state index contributed by atoms with van der Waals surface area (Å²) in [5.74, 6) is -0.262. The normalized spacial score (nSPS) is 10.7. The van der Waals surface area contributed by atoms with E-state index in [0.717, 1.165) is 22.5 Å². The quantitative estimate of drug-likeness (QED) is 0.679. The lowest BCUT2D eigenvalue weighted by molar-refractivity contribution is 0.625. The van der Waals surface area contributed by atoms with E-state index < -0.39 is 0 Å². The van der Waals surface area contributed by atoms with Gasteiger partial charge in [0.25, 0.3) is 0 Å². The molecule has 2 nitrogen and oxygen atoms in total. The molecule has 0 saturated heterocycles. The summed E-state index contributed by atoms with van der Waals surface area (Å²) in [4.78, 5) is 3.03. The van der Waals surface area contributed by atoms with E-state index in [9.17, 15) is 4.39 Å². The van der Waals surface area contributed by atoms with Gasteiger partial charge in [0.15, 0.2) is 4.77 Å². The molecule has 0 radical (unpaired) electrons. The minimum atomic E-state index is -0.262. The van der Waals surface area contributed by atoms with Gasteiger partial charge in [-0.3, -0.25) is 4.57 Å². The Bertz CT molecular complexity index is 783. The molecule has 3 rings (SSSR count). The van der Waals surface area contributed by atoms with E-state index in [-0.39, 0.29) is 5.82 Å². The smallest absolute Gasteiger partial charge is 0.182 e. The molecule has 4 heteroatoms. The fraction of sp³-hybridized carbons (Fsp3) is 0.0625. The third-order valence-electron chi connectivity index (χ3n) is 3.13. The largest absolute Gasteiger partial charge is 0.336 e. The van der Waals surface area contributed by atoms with E-state index in [1.54, 1.807) is 0 Å². The Kier molecular flexibility index (Phi) is 3.24. The monoisotopic (exact) mass is 284 g/mol. The van der Waals surface area contributed by atoms with Crippen molar-refractivity contribution in [3.63, 3.8) is 0 Å². The lowest BCUT2D eigenvalue weighted by atomic mass is 10.1. The third kappa shape index (κ3) is 2.30. The number of rotatable bonds is 2. The summed E-state index contributed by atoms with van der Waals surface area (Å²) in [6.07, 6.45) is 1.85. The molecule has 0 aliphatic heterocycles. The highest BCUT2D eigenvalue weighted by Gasteiger charge is 2.09. The maximum absolute atomic E-state index is 13.6. The second kappa shape index (κ2) is 5.06. The van der Waals surface area contributed by atoms with Crippen molar-refractivity contribution >= 4 is 12.2 Å². The Morgan fingerprint density at radius 3 is 2.55 bits per heavy atom. The Hall–Kier alpha value is -2.20. The van der Waals surface area contributed by atoms with Gasteiger partial charge >= 0.3 is 0 Å². The highest BCUT2D eigenvalue weighted by atomic mass is 32.1. The number of hydrogen-bond donors (Lipinski definition) is 1. The molecule has 0 unspecified atom stereocenters. The van der Waals surface area contributed by atoms with E-state index in [4.69, 9.17) is 12.2 Å². The summed E-state index contributed by atoms with van der Waals surface area (Å²) in [6.45, 7) is 1.87. The van der Waals surface area contributed by atoms with E-state index in [2.05, 4.69) is 4.98 Å². The Labute approximate surface area is 121 Å². The lowest BCUT2D eigenvalue weighted by Crippen LogP contribution is -1.98. The van der Waals surface area contributed by atoms with Gasteiger partial charge in [-0.05, 0) is 42.9 Å². The highest BCUT2D eigenvalue weighted by Crippen LogP contribution is 2.24. The molecule has 1 heterocycles. The second-order valence-electron chi connectivity index (χ2n) is 4.67. The molecular formula is C16H13FN2S. The summed E-state index contributed by atoms with van der Waals surface area (Å²) >= 11 is 5.33. The number of H-pyrrole nitrogens is 1. The van der Waals surface area contributed by atoms with Crippen molar-refractivity contribution in [2.45, 2.75) is 6.92 Å². The average Bonchev–Trinajstić information content (AvgIpc) is 2.80. The highest BCUT2D eigenvalue weighted by molar-refractivity contribution is 7.71. The fourth-order valence-electron chi connectivity index (χ4n) is 2.29. The molecule has 0 atom stereocenters. The van der Waals surface area contributed by atoms with Crippen LogP contribution in [0.4, 0.5) is 4.39 Å². The van der Waals surface area contributed by atoms with Crippen LogP contribution < -0.4 is 0 Å². The van der Waals surface area contributed by atoms with Crippen LogP contribution in [-0.4, -0.2) is 9.55 Å². The molecule has 3 aromatic rings. The molecule has 0 saturated carbocycles. The summed E-state index contributed by atoms with van der Waals surface area (Å²) in [5, 5.41) is 0. The Morgan fingerprint density at radius 2 is 1.85 bits per heavy atom. The van der Waals surface area contributed by atoms with Crippen LogP contribution in [0.1, 0.15) is 5.56 Å². The van der Waals surface area contributed by atoms with Gasteiger partial charge in [0.2, 0.25) is 0 Å². The van der Waals surface area contributed by atoms with Crippen LogP contribution in [-0.2, 0) is 0 Å². The third-order valence-corrected chi connectivity index (χ3v) is 3.43. The Morgan fingerprint density at radius 1 is 1.10 bits per heavy atom. The van der Waals surface area contributed by atoms with Crippen molar-refractivity contribution in [3.8, 4) is 16.9 Å². The van der Waals surface area contributed by atoms with Crippen LogP contribution in [0.25, 0.3) is 16.9 Å². The average molecular weight is 284 g/mol. The predicted molar refractivity (Wildman–Crippen MR) is 81.1 cm³/mol. The van der Waals surface area contributed by atoms with Gasteiger partial charge in [-0.1, -0.05) is 30.3 Å². The molecule has 0 aliphatic carbocycles. The van der Waals surface area contributed by atoms with Crippen molar-refractivity contribution in [2.75, 3.05) is 0 Å². The molecule has 20 heavy (non-hydrogen) atoms. The van der Waals surface area contributed by atoms with Crippen LogP contribution in [0.2, 0.25) is 0 Å². The minimum absolute atomic E-state index is 0.262.